The lowest BCUT2D eigenvalue weighted by Crippen LogP contribution is -2.47. The summed E-state index contributed by atoms with van der Waals surface area (Å²) in [4.78, 5) is 1.67. The zero-order valence-electron chi connectivity index (χ0n) is 11.7. The molecule has 8 heteroatoms. The summed E-state index contributed by atoms with van der Waals surface area (Å²) < 4.78 is 26.7. The molecule has 0 saturated carbocycles. The van der Waals surface area contributed by atoms with Gasteiger partial charge >= 0.3 is 0 Å². The molecule has 1 unspecified atom stereocenters. The van der Waals surface area contributed by atoms with Gasteiger partial charge in [-0.2, -0.15) is 0 Å². The van der Waals surface area contributed by atoms with Crippen molar-refractivity contribution in [1.29, 1.82) is 0 Å². The normalized spacial score (nSPS) is 15.3. The van der Waals surface area contributed by atoms with Crippen LogP contribution in [-0.4, -0.2) is 51.2 Å². The van der Waals surface area contributed by atoms with Crippen molar-refractivity contribution in [3.05, 3.63) is 23.2 Å². The second-order valence-electron chi connectivity index (χ2n) is 5.25. The van der Waals surface area contributed by atoms with Crippen molar-refractivity contribution < 1.29 is 13.5 Å². The van der Waals surface area contributed by atoms with Crippen LogP contribution in [0.1, 0.15) is 6.92 Å². The first-order chi connectivity index (χ1) is 9.03. The number of anilines is 1. The number of benzene rings is 1. The molecule has 0 aliphatic rings. The molecule has 0 fully saturated rings. The van der Waals surface area contributed by atoms with Gasteiger partial charge in [0, 0.05) is 18.8 Å². The molecule has 1 atom stereocenters. The Labute approximate surface area is 124 Å². The zero-order valence-corrected chi connectivity index (χ0v) is 13.3. The first kappa shape index (κ1) is 17.2. The number of sulfonamides is 1. The van der Waals surface area contributed by atoms with Crippen molar-refractivity contribution in [2.75, 3.05) is 32.9 Å². The van der Waals surface area contributed by atoms with E-state index < -0.39 is 15.6 Å². The van der Waals surface area contributed by atoms with Crippen molar-refractivity contribution >= 4 is 27.3 Å². The Kier molecular flexibility index (Phi) is 5.39. The molecular formula is C12H20ClN3O3S. The summed E-state index contributed by atoms with van der Waals surface area (Å²) in [7, 11) is -0.244. The second-order valence-corrected chi connectivity index (χ2v) is 7.39. The van der Waals surface area contributed by atoms with Crippen LogP contribution in [0.15, 0.2) is 23.1 Å². The number of nitrogen functional groups attached to an aromatic ring is 1. The Morgan fingerprint density at radius 1 is 1.45 bits per heavy atom. The molecule has 20 heavy (non-hydrogen) atoms. The van der Waals surface area contributed by atoms with Crippen molar-refractivity contribution in [3.8, 4) is 0 Å². The molecule has 1 aromatic rings. The van der Waals surface area contributed by atoms with Crippen LogP contribution in [-0.2, 0) is 10.0 Å². The fourth-order valence-corrected chi connectivity index (χ4v) is 3.49. The molecule has 1 rings (SSSR count). The number of aliphatic hydroxyl groups is 1. The number of rotatable bonds is 6. The van der Waals surface area contributed by atoms with Gasteiger partial charge in [-0.05, 0) is 39.2 Å². The van der Waals surface area contributed by atoms with Crippen LogP contribution in [0.4, 0.5) is 5.69 Å². The van der Waals surface area contributed by atoms with E-state index in [1.165, 1.54) is 18.2 Å². The van der Waals surface area contributed by atoms with Crippen LogP contribution < -0.4 is 10.5 Å². The Morgan fingerprint density at radius 3 is 2.60 bits per heavy atom. The van der Waals surface area contributed by atoms with Gasteiger partial charge in [-0.3, -0.25) is 0 Å². The van der Waals surface area contributed by atoms with E-state index in [1.807, 2.05) is 0 Å². The molecule has 0 heterocycles. The molecule has 0 radical (unpaired) electrons. The van der Waals surface area contributed by atoms with Crippen LogP contribution in [0.2, 0.25) is 5.02 Å². The summed E-state index contributed by atoms with van der Waals surface area (Å²) in [5, 5.41) is 10.2. The maximum absolute atomic E-state index is 12.2. The minimum Gasteiger partial charge on any atom is -0.399 e. The molecule has 4 N–H and O–H groups in total. The highest BCUT2D eigenvalue weighted by Gasteiger charge is 2.26. The summed E-state index contributed by atoms with van der Waals surface area (Å²) in [5.41, 5.74) is 4.67. The van der Waals surface area contributed by atoms with Gasteiger partial charge in [-0.25, -0.2) is 13.1 Å². The average Bonchev–Trinajstić information content (AvgIpc) is 2.28. The van der Waals surface area contributed by atoms with Gasteiger partial charge in [0.1, 0.15) is 4.90 Å². The van der Waals surface area contributed by atoms with Gasteiger partial charge in [0.05, 0.1) is 10.6 Å². The highest BCUT2D eigenvalue weighted by atomic mass is 35.5. The fourth-order valence-electron chi connectivity index (χ4n) is 1.79. The van der Waals surface area contributed by atoms with Crippen LogP contribution in [0.3, 0.4) is 0 Å². The van der Waals surface area contributed by atoms with E-state index in [0.29, 0.717) is 12.2 Å². The molecule has 0 bridgehead atoms. The van der Waals surface area contributed by atoms with E-state index in [9.17, 15) is 13.5 Å². The number of nitrogens with one attached hydrogen (secondary N) is 1. The van der Waals surface area contributed by atoms with Crippen LogP contribution in [0.25, 0.3) is 0 Å². The molecule has 114 valence electrons. The minimum atomic E-state index is -3.82. The molecule has 0 aliphatic heterocycles. The van der Waals surface area contributed by atoms with E-state index in [1.54, 1.807) is 25.9 Å². The Morgan fingerprint density at radius 2 is 2.05 bits per heavy atom. The molecule has 0 aromatic heterocycles. The van der Waals surface area contributed by atoms with Crippen molar-refractivity contribution in [3.63, 3.8) is 0 Å². The highest BCUT2D eigenvalue weighted by Crippen LogP contribution is 2.23. The van der Waals surface area contributed by atoms with Gasteiger partial charge in [-0.1, -0.05) is 11.6 Å². The lowest BCUT2D eigenvalue weighted by atomic mass is 10.1. The van der Waals surface area contributed by atoms with Gasteiger partial charge in [-0.15, -0.1) is 0 Å². The monoisotopic (exact) mass is 321 g/mol. The summed E-state index contributed by atoms with van der Waals surface area (Å²) in [6.07, 6.45) is 0. The summed E-state index contributed by atoms with van der Waals surface area (Å²) in [5.74, 6) is 0. The lowest BCUT2D eigenvalue weighted by molar-refractivity contribution is 0.0386. The van der Waals surface area contributed by atoms with Crippen molar-refractivity contribution in [2.45, 2.75) is 17.4 Å². The number of halogens is 1. The third kappa shape index (κ3) is 4.92. The van der Waals surface area contributed by atoms with Gasteiger partial charge in [0.15, 0.2) is 0 Å². The SMILES string of the molecule is CN(C)CC(C)(O)CNS(=O)(=O)c1cc(N)ccc1Cl. The maximum atomic E-state index is 12.2. The Hall–Kier alpha value is -0.860. The smallest absolute Gasteiger partial charge is 0.242 e. The predicted molar refractivity (Wildman–Crippen MR) is 80.2 cm³/mol. The number of hydrogen-bond donors (Lipinski definition) is 3. The molecule has 6 nitrogen and oxygen atoms in total. The van der Waals surface area contributed by atoms with E-state index >= 15 is 0 Å². The molecule has 0 spiro atoms. The molecule has 0 amide bonds. The number of nitrogens with two attached hydrogens (primary N) is 1. The topological polar surface area (TPSA) is 95.7 Å². The van der Waals surface area contributed by atoms with Crippen LogP contribution in [0, 0.1) is 0 Å². The molecular weight excluding hydrogens is 302 g/mol. The first-order valence-corrected chi connectivity index (χ1v) is 7.81. The second kappa shape index (κ2) is 6.28. The first-order valence-electron chi connectivity index (χ1n) is 5.95. The Balaban J connectivity index is 2.88. The van der Waals surface area contributed by atoms with Crippen molar-refractivity contribution in [1.82, 2.24) is 9.62 Å². The van der Waals surface area contributed by atoms with Crippen LogP contribution >= 0.6 is 11.6 Å². The summed E-state index contributed by atoms with van der Waals surface area (Å²) in [6, 6.07) is 4.22. The fraction of sp³-hybridized carbons (Fsp3) is 0.500. The maximum Gasteiger partial charge on any atom is 0.242 e. The quantitative estimate of drug-likeness (QED) is 0.664. The minimum absolute atomic E-state index is 0.0824. The van der Waals surface area contributed by atoms with Crippen molar-refractivity contribution in [2.24, 2.45) is 0 Å². The third-order valence-electron chi connectivity index (χ3n) is 2.54. The van der Waals surface area contributed by atoms with E-state index in [2.05, 4.69) is 4.72 Å². The van der Waals surface area contributed by atoms with Gasteiger partial charge < -0.3 is 15.7 Å². The summed E-state index contributed by atoms with van der Waals surface area (Å²) >= 11 is 5.87. The molecule has 0 saturated heterocycles. The summed E-state index contributed by atoms with van der Waals surface area (Å²) in [6.45, 7) is 1.75. The lowest BCUT2D eigenvalue weighted by Gasteiger charge is -2.27. The third-order valence-corrected chi connectivity index (χ3v) is 4.43. The van der Waals surface area contributed by atoms with Gasteiger partial charge in [0.25, 0.3) is 0 Å². The average molecular weight is 322 g/mol. The largest absolute Gasteiger partial charge is 0.399 e. The van der Waals surface area contributed by atoms with Crippen LogP contribution in [0.5, 0.6) is 0 Å². The molecule has 1 aromatic carbocycles. The molecule has 0 aliphatic carbocycles. The highest BCUT2D eigenvalue weighted by molar-refractivity contribution is 7.89. The Bertz CT molecular complexity index is 573. The van der Waals surface area contributed by atoms with E-state index in [-0.39, 0.29) is 16.5 Å². The standard InChI is InChI=1S/C12H20ClN3O3S/c1-12(17,8-16(2)3)7-15-20(18,19)11-6-9(14)4-5-10(11)13/h4-6,15,17H,7-8,14H2,1-3H3. The number of nitrogens with zero attached hydrogens (tertiary/aromatic N) is 1. The predicted octanol–water partition coefficient (Wildman–Crippen LogP) is 0.513. The zero-order chi connectivity index (χ0) is 15.6. The van der Waals surface area contributed by atoms with E-state index in [4.69, 9.17) is 17.3 Å². The number of likely N-dealkylation sites (N-methyl/N-ethyl adjacent to an activating group) is 1. The van der Waals surface area contributed by atoms with E-state index in [0.717, 1.165) is 0 Å². The van der Waals surface area contributed by atoms with Gasteiger partial charge in [0.2, 0.25) is 10.0 Å². The number of hydrogen-bond acceptors (Lipinski definition) is 5.